The van der Waals surface area contributed by atoms with E-state index in [0.717, 1.165) is 17.3 Å². The second-order valence-electron chi connectivity index (χ2n) is 5.48. The zero-order valence-corrected chi connectivity index (χ0v) is 15.9. The van der Waals surface area contributed by atoms with E-state index >= 15 is 0 Å². The van der Waals surface area contributed by atoms with Crippen molar-refractivity contribution >= 4 is 40.5 Å². The number of thioether (sulfide) groups is 2. The fraction of sp³-hybridized carbons (Fsp3) is 0.389. The first-order valence-corrected chi connectivity index (χ1v) is 10.0. The van der Waals surface area contributed by atoms with E-state index in [0.29, 0.717) is 23.7 Å². The monoisotopic (exact) mass is 380 g/mol. The summed E-state index contributed by atoms with van der Waals surface area (Å²) in [5, 5.41) is 2.68. The molecule has 0 aromatic heterocycles. The summed E-state index contributed by atoms with van der Waals surface area (Å²) >= 11 is 2.58. The van der Waals surface area contributed by atoms with Gasteiger partial charge in [0.05, 0.1) is 5.92 Å². The molecule has 0 radical (unpaired) electrons. The number of benzene rings is 1. The van der Waals surface area contributed by atoms with Crippen LogP contribution in [-0.2, 0) is 20.8 Å². The van der Waals surface area contributed by atoms with E-state index in [1.807, 2.05) is 30.3 Å². The molecule has 3 N–H and O–H groups in total. The van der Waals surface area contributed by atoms with Gasteiger partial charge >= 0.3 is 0 Å². The van der Waals surface area contributed by atoms with Crippen LogP contribution in [0, 0.1) is 5.92 Å². The van der Waals surface area contributed by atoms with Crippen LogP contribution in [-0.4, -0.2) is 40.2 Å². The minimum absolute atomic E-state index is 0.0427. The number of nitrogens with two attached hydrogens (primary N) is 1. The number of amides is 2. The molecule has 0 fully saturated rings. The lowest BCUT2D eigenvalue weighted by Crippen LogP contribution is -2.49. The highest BCUT2D eigenvalue weighted by Crippen LogP contribution is 2.16. The molecule has 0 aliphatic carbocycles. The molecule has 25 heavy (non-hydrogen) atoms. The van der Waals surface area contributed by atoms with Crippen LogP contribution in [0.15, 0.2) is 43.0 Å². The van der Waals surface area contributed by atoms with E-state index in [4.69, 9.17) is 5.73 Å². The van der Waals surface area contributed by atoms with Crippen LogP contribution >= 0.6 is 23.5 Å². The van der Waals surface area contributed by atoms with E-state index in [-0.39, 0.29) is 11.0 Å². The normalized spacial score (nSPS) is 12.8. The van der Waals surface area contributed by atoms with Crippen molar-refractivity contribution in [2.45, 2.75) is 19.4 Å². The van der Waals surface area contributed by atoms with Crippen molar-refractivity contribution < 1.29 is 14.4 Å². The predicted molar refractivity (Wildman–Crippen MR) is 105 cm³/mol. The SMILES string of the molecule is C=CCSC[C@H](NC(=O)[C@@H](CSC(C)=O)Cc1ccccc1)C(N)=O. The van der Waals surface area contributed by atoms with Crippen molar-refractivity contribution in [3.8, 4) is 0 Å². The number of hydrogen-bond acceptors (Lipinski definition) is 5. The van der Waals surface area contributed by atoms with Gasteiger partial charge in [0.1, 0.15) is 6.04 Å². The predicted octanol–water partition coefficient (Wildman–Crippen LogP) is 2.01. The van der Waals surface area contributed by atoms with Crippen LogP contribution in [0.2, 0.25) is 0 Å². The summed E-state index contributed by atoms with van der Waals surface area (Å²) in [7, 11) is 0. The smallest absolute Gasteiger partial charge is 0.240 e. The van der Waals surface area contributed by atoms with E-state index < -0.39 is 17.9 Å². The minimum Gasteiger partial charge on any atom is -0.368 e. The maximum Gasteiger partial charge on any atom is 0.240 e. The molecule has 0 spiro atoms. The van der Waals surface area contributed by atoms with Gasteiger partial charge in [0.25, 0.3) is 0 Å². The highest BCUT2D eigenvalue weighted by atomic mass is 32.2. The first-order valence-electron chi connectivity index (χ1n) is 7.89. The van der Waals surface area contributed by atoms with Crippen molar-refractivity contribution in [1.82, 2.24) is 5.32 Å². The van der Waals surface area contributed by atoms with Gasteiger partial charge in [0.2, 0.25) is 11.8 Å². The van der Waals surface area contributed by atoms with Gasteiger partial charge in [-0.25, -0.2) is 0 Å². The third-order valence-electron chi connectivity index (χ3n) is 3.36. The van der Waals surface area contributed by atoms with Crippen LogP contribution < -0.4 is 11.1 Å². The molecule has 0 aliphatic rings. The average Bonchev–Trinajstić information content (AvgIpc) is 2.58. The van der Waals surface area contributed by atoms with Crippen molar-refractivity contribution in [3.63, 3.8) is 0 Å². The molecule has 0 saturated carbocycles. The molecular weight excluding hydrogens is 356 g/mol. The second kappa shape index (κ2) is 11.8. The summed E-state index contributed by atoms with van der Waals surface area (Å²) in [5.41, 5.74) is 6.39. The number of rotatable bonds is 11. The molecule has 1 aromatic rings. The number of hydrogen-bond donors (Lipinski definition) is 2. The summed E-state index contributed by atoms with van der Waals surface area (Å²) in [6.45, 7) is 5.09. The van der Waals surface area contributed by atoms with Crippen molar-refractivity contribution in [2.24, 2.45) is 11.7 Å². The fourth-order valence-electron chi connectivity index (χ4n) is 2.10. The number of nitrogens with one attached hydrogen (secondary N) is 1. The Morgan fingerprint density at radius 2 is 1.92 bits per heavy atom. The van der Waals surface area contributed by atoms with Gasteiger partial charge in [-0.15, -0.1) is 6.58 Å². The van der Waals surface area contributed by atoms with Gasteiger partial charge in [-0.05, 0) is 12.0 Å². The molecule has 5 nitrogen and oxygen atoms in total. The summed E-state index contributed by atoms with van der Waals surface area (Å²) in [6, 6.07) is 8.84. The molecule has 1 rings (SSSR count). The van der Waals surface area contributed by atoms with E-state index in [2.05, 4.69) is 11.9 Å². The molecule has 0 saturated heterocycles. The van der Waals surface area contributed by atoms with Crippen molar-refractivity contribution in [2.75, 3.05) is 17.3 Å². The summed E-state index contributed by atoms with van der Waals surface area (Å²) in [4.78, 5) is 35.5. The number of carbonyl (C=O) groups excluding carboxylic acids is 3. The molecule has 7 heteroatoms. The Kier molecular flexibility index (Phi) is 10.0. The molecule has 0 heterocycles. The number of carbonyl (C=O) groups is 3. The molecule has 2 atom stereocenters. The quantitative estimate of drug-likeness (QED) is 0.453. The van der Waals surface area contributed by atoms with Gasteiger partial charge in [0.15, 0.2) is 5.12 Å². The summed E-state index contributed by atoms with van der Waals surface area (Å²) in [5.74, 6) is 0.186. The Labute approximate surface area is 157 Å². The third-order valence-corrected chi connectivity index (χ3v) is 5.38. The van der Waals surface area contributed by atoms with Crippen LogP contribution in [0.5, 0.6) is 0 Å². The molecule has 0 bridgehead atoms. The van der Waals surface area contributed by atoms with E-state index in [1.54, 1.807) is 6.08 Å². The Morgan fingerprint density at radius 3 is 2.48 bits per heavy atom. The van der Waals surface area contributed by atoms with Crippen molar-refractivity contribution in [3.05, 3.63) is 48.6 Å². The second-order valence-corrected chi connectivity index (χ2v) is 7.75. The average molecular weight is 381 g/mol. The highest BCUT2D eigenvalue weighted by molar-refractivity contribution is 8.13. The molecular formula is C18H24N2O3S2. The van der Waals surface area contributed by atoms with E-state index in [9.17, 15) is 14.4 Å². The Balaban J connectivity index is 2.76. The third kappa shape index (κ3) is 8.79. The summed E-state index contributed by atoms with van der Waals surface area (Å²) in [6.07, 6.45) is 2.23. The number of primary amides is 1. The lowest BCUT2D eigenvalue weighted by Gasteiger charge is -2.20. The van der Waals surface area contributed by atoms with Crippen LogP contribution in [0.4, 0.5) is 0 Å². The first kappa shape index (κ1) is 21.3. The van der Waals surface area contributed by atoms with Crippen LogP contribution in [0.3, 0.4) is 0 Å². The highest BCUT2D eigenvalue weighted by Gasteiger charge is 2.25. The minimum atomic E-state index is -0.738. The van der Waals surface area contributed by atoms with E-state index in [1.165, 1.54) is 18.7 Å². The van der Waals surface area contributed by atoms with Gasteiger partial charge in [0, 0.05) is 24.2 Å². The fourth-order valence-corrected chi connectivity index (χ4v) is 3.59. The zero-order chi connectivity index (χ0) is 18.7. The first-order chi connectivity index (χ1) is 11.9. The molecule has 136 valence electrons. The molecule has 2 amide bonds. The topological polar surface area (TPSA) is 89.3 Å². The Hall–Kier alpha value is -1.73. The molecule has 0 unspecified atom stereocenters. The van der Waals surface area contributed by atoms with Gasteiger partial charge in [-0.1, -0.05) is 48.2 Å². The van der Waals surface area contributed by atoms with Gasteiger partial charge in [-0.3, -0.25) is 14.4 Å². The Morgan fingerprint density at radius 1 is 1.24 bits per heavy atom. The van der Waals surface area contributed by atoms with Crippen LogP contribution in [0.25, 0.3) is 0 Å². The van der Waals surface area contributed by atoms with Crippen molar-refractivity contribution in [1.29, 1.82) is 0 Å². The van der Waals surface area contributed by atoms with Gasteiger partial charge < -0.3 is 11.1 Å². The molecule has 0 aliphatic heterocycles. The standard InChI is InChI=1S/C18H24N2O3S2/c1-3-9-24-12-16(17(19)22)20-18(23)15(11-25-13(2)21)10-14-7-5-4-6-8-14/h3-8,15-16H,1,9-12H2,2H3,(H2,19,22)(H,20,23)/t15-,16+/m1/s1. The Bertz CT molecular complexity index is 593. The largest absolute Gasteiger partial charge is 0.368 e. The maximum absolute atomic E-state index is 12.6. The summed E-state index contributed by atoms with van der Waals surface area (Å²) < 4.78 is 0. The maximum atomic E-state index is 12.6. The zero-order valence-electron chi connectivity index (χ0n) is 14.3. The lowest BCUT2D eigenvalue weighted by molar-refractivity contribution is -0.129. The lowest BCUT2D eigenvalue weighted by atomic mass is 10.00. The van der Waals surface area contributed by atoms with Crippen LogP contribution in [0.1, 0.15) is 12.5 Å². The van der Waals surface area contributed by atoms with Gasteiger partial charge in [-0.2, -0.15) is 11.8 Å². The molecule has 1 aromatic carbocycles.